The van der Waals surface area contributed by atoms with E-state index in [4.69, 9.17) is 9.47 Å². The van der Waals surface area contributed by atoms with Crippen LogP contribution in [-0.2, 0) is 15.7 Å². The summed E-state index contributed by atoms with van der Waals surface area (Å²) < 4.78 is 64.7. The largest absolute Gasteiger partial charge is 0.496 e. The van der Waals surface area contributed by atoms with E-state index in [0.717, 1.165) is 70.9 Å². The predicted molar refractivity (Wildman–Crippen MR) is 152 cm³/mol. The Morgan fingerprint density at radius 3 is 2.52 bits per heavy atom. The number of pyridine rings is 1. The molecule has 1 aromatic carbocycles. The molecule has 5 saturated carbocycles. The number of fused-ring (bicyclic) bond motifs is 2. The minimum atomic E-state index is -4.90. The zero-order valence-corrected chi connectivity index (χ0v) is 24.3. The third kappa shape index (κ3) is 4.88. The number of nitrogens with zero attached hydrogens (tertiary/aromatic N) is 2. The molecule has 13 heteroatoms. The van der Waals surface area contributed by atoms with Gasteiger partial charge in [0.05, 0.1) is 31.8 Å². The summed E-state index contributed by atoms with van der Waals surface area (Å²) in [4.78, 5) is 34.4. The number of aromatic nitrogens is 1. The van der Waals surface area contributed by atoms with E-state index in [2.05, 4.69) is 25.8 Å². The van der Waals surface area contributed by atoms with Gasteiger partial charge in [0.25, 0.3) is 5.91 Å². The quantitative estimate of drug-likeness (QED) is 0.376. The molecule has 9 nitrogen and oxygen atoms in total. The summed E-state index contributed by atoms with van der Waals surface area (Å²) in [7, 11) is 1.48. The van der Waals surface area contributed by atoms with Gasteiger partial charge < -0.3 is 25.4 Å². The third-order valence-electron chi connectivity index (χ3n) is 10.5. The first-order valence-corrected chi connectivity index (χ1v) is 15.1. The molecule has 236 valence electrons. The highest BCUT2D eigenvalue weighted by Gasteiger charge is 2.70. The van der Waals surface area contributed by atoms with Crippen LogP contribution < -0.4 is 20.7 Å². The molecule has 1 aromatic heterocycles. The van der Waals surface area contributed by atoms with Crippen LogP contribution in [0.4, 0.5) is 29.1 Å². The number of amides is 2. The van der Waals surface area contributed by atoms with Crippen molar-refractivity contribution in [3.8, 4) is 5.75 Å². The van der Waals surface area contributed by atoms with Gasteiger partial charge in [-0.3, -0.25) is 14.5 Å². The SMILES string of the molecule is COc1ccnc(NC23CC(N4CCOCC4)(C2)C3)c1C(=O)N[C@@H]1[C@H]2CC[C@H](C2)[C@@H]1C(=O)Nc1ccc(F)c(C(F)(F)F)c1. The number of methoxy groups -OCH3 is 1. The van der Waals surface area contributed by atoms with Crippen LogP contribution in [0.1, 0.15) is 54.4 Å². The summed E-state index contributed by atoms with van der Waals surface area (Å²) in [6.45, 7) is 3.32. The van der Waals surface area contributed by atoms with Gasteiger partial charge in [-0.1, -0.05) is 0 Å². The Labute approximate surface area is 252 Å². The van der Waals surface area contributed by atoms with E-state index in [-0.39, 0.29) is 34.2 Å². The highest BCUT2D eigenvalue weighted by Crippen LogP contribution is 2.65. The van der Waals surface area contributed by atoms with Gasteiger partial charge in [0, 0.05) is 42.1 Å². The Balaban J connectivity index is 1.07. The van der Waals surface area contributed by atoms with Crippen molar-refractivity contribution in [2.75, 3.05) is 44.0 Å². The van der Waals surface area contributed by atoms with Gasteiger partial charge >= 0.3 is 6.18 Å². The Morgan fingerprint density at radius 2 is 1.82 bits per heavy atom. The van der Waals surface area contributed by atoms with Gasteiger partial charge in [0.15, 0.2) is 0 Å². The number of halogens is 4. The lowest BCUT2D eigenvalue weighted by Gasteiger charge is -2.74. The van der Waals surface area contributed by atoms with E-state index in [9.17, 15) is 27.2 Å². The molecule has 2 amide bonds. The smallest absolute Gasteiger partial charge is 0.419 e. The van der Waals surface area contributed by atoms with Crippen molar-refractivity contribution in [1.82, 2.24) is 15.2 Å². The lowest BCUT2D eigenvalue weighted by atomic mass is 9.43. The second-order valence-corrected chi connectivity index (χ2v) is 13.0. The van der Waals surface area contributed by atoms with Crippen molar-refractivity contribution in [3.05, 3.63) is 47.4 Å². The molecular formula is C31H35F4N5O4. The Kier molecular flexibility index (Phi) is 7.04. The highest BCUT2D eigenvalue weighted by molar-refractivity contribution is 6.02. The van der Waals surface area contributed by atoms with Crippen LogP contribution in [-0.4, -0.2) is 72.2 Å². The van der Waals surface area contributed by atoms with Crippen LogP contribution in [0.5, 0.6) is 5.75 Å². The van der Waals surface area contributed by atoms with Crippen molar-refractivity contribution >= 4 is 23.3 Å². The van der Waals surface area contributed by atoms with E-state index in [1.807, 2.05) is 0 Å². The second-order valence-electron chi connectivity index (χ2n) is 13.0. The number of nitrogens with one attached hydrogen (secondary N) is 3. The van der Waals surface area contributed by atoms with E-state index in [0.29, 0.717) is 23.7 Å². The number of anilines is 2. The lowest BCUT2D eigenvalue weighted by Crippen LogP contribution is -2.82. The van der Waals surface area contributed by atoms with Crippen LogP contribution in [0.25, 0.3) is 0 Å². The van der Waals surface area contributed by atoms with Gasteiger partial charge in [-0.25, -0.2) is 9.37 Å². The van der Waals surface area contributed by atoms with Gasteiger partial charge in [-0.05, 0) is 74.6 Å². The summed E-state index contributed by atoms with van der Waals surface area (Å²) >= 11 is 0. The van der Waals surface area contributed by atoms with E-state index in [1.54, 1.807) is 12.3 Å². The minimum absolute atomic E-state index is 0.0293. The van der Waals surface area contributed by atoms with Gasteiger partial charge in [0.1, 0.15) is 22.9 Å². The van der Waals surface area contributed by atoms with Gasteiger partial charge in [0.2, 0.25) is 5.91 Å². The number of hydrogen-bond acceptors (Lipinski definition) is 7. The Bertz CT molecular complexity index is 1460. The molecule has 4 atom stereocenters. The van der Waals surface area contributed by atoms with Crippen molar-refractivity contribution in [2.24, 2.45) is 17.8 Å². The monoisotopic (exact) mass is 617 g/mol. The maximum Gasteiger partial charge on any atom is 0.419 e. The number of rotatable bonds is 8. The summed E-state index contributed by atoms with van der Waals surface area (Å²) in [6, 6.07) is 3.49. The van der Waals surface area contributed by atoms with Crippen molar-refractivity contribution in [3.63, 3.8) is 0 Å². The molecule has 2 heterocycles. The van der Waals surface area contributed by atoms with Gasteiger partial charge in [-0.2, -0.15) is 13.2 Å². The normalized spacial score (nSPS) is 32.4. The Morgan fingerprint density at radius 1 is 1.09 bits per heavy atom. The molecule has 8 rings (SSSR count). The van der Waals surface area contributed by atoms with Crippen LogP contribution >= 0.6 is 0 Å². The molecule has 0 radical (unpaired) electrons. The number of carbonyl (C=O) groups excluding carboxylic acids is 2. The molecule has 6 fully saturated rings. The number of morpholine rings is 1. The molecule has 4 bridgehead atoms. The molecule has 6 aliphatic rings. The molecule has 0 unspecified atom stereocenters. The van der Waals surface area contributed by atoms with Crippen LogP contribution in [0.2, 0.25) is 0 Å². The number of carbonyl (C=O) groups is 2. The average Bonchev–Trinajstić information content (AvgIpc) is 3.57. The highest BCUT2D eigenvalue weighted by atomic mass is 19.4. The lowest BCUT2D eigenvalue weighted by molar-refractivity contribution is -0.172. The fourth-order valence-electron chi connectivity index (χ4n) is 8.57. The fraction of sp³-hybridized carbons (Fsp3) is 0.581. The van der Waals surface area contributed by atoms with E-state index >= 15 is 0 Å². The van der Waals surface area contributed by atoms with Gasteiger partial charge in [-0.15, -0.1) is 0 Å². The van der Waals surface area contributed by atoms with Crippen LogP contribution in [0.3, 0.4) is 0 Å². The first-order chi connectivity index (χ1) is 21.0. The molecule has 1 aliphatic heterocycles. The molecule has 2 aromatic rings. The maximum absolute atomic E-state index is 13.9. The molecule has 0 spiro atoms. The zero-order valence-electron chi connectivity index (χ0n) is 24.3. The molecule has 1 saturated heterocycles. The van der Waals surface area contributed by atoms with E-state index < -0.39 is 41.3 Å². The van der Waals surface area contributed by atoms with Crippen molar-refractivity contribution in [2.45, 2.75) is 61.8 Å². The maximum atomic E-state index is 13.9. The van der Waals surface area contributed by atoms with Crippen LogP contribution in [0.15, 0.2) is 30.5 Å². The second kappa shape index (κ2) is 10.6. The van der Waals surface area contributed by atoms with Crippen molar-refractivity contribution in [1.29, 1.82) is 0 Å². The number of hydrogen-bond donors (Lipinski definition) is 3. The predicted octanol–water partition coefficient (Wildman–Crippen LogP) is 4.45. The van der Waals surface area contributed by atoms with Crippen LogP contribution in [0, 0.1) is 23.6 Å². The minimum Gasteiger partial charge on any atom is -0.496 e. The molecule has 3 N–H and O–H groups in total. The molecule has 5 aliphatic carbocycles. The summed E-state index contributed by atoms with van der Waals surface area (Å²) in [5.41, 5.74) is -1.31. The fourth-order valence-corrected chi connectivity index (χ4v) is 8.57. The summed E-state index contributed by atoms with van der Waals surface area (Å²) in [5.74, 6) is -2.20. The third-order valence-corrected chi connectivity index (χ3v) is 10.5. The summed E-state index contributed by atoms with van der Waals surface area (Å²) in [6.07, 6.45) is 1.88. The number of benzene rings is 1. The first-order valence-electron chi connectivity index (χ1n) is 15.1. The number of alkyl halides is 3. The first kappa shape index (κ1) is 29.3. The average molecular weight is 618 g/mol. The van der Waals surface area contributed by atoms with E-state index in [1.165, 1.54) is 7.11 Å². The molecular weight excluding hydrogens is 582 g/mol. The topological polar surface area (TPSA) is 105 Å². The summed E-state index contributed by atoms with van der Waals surface area (Å²) in [5, 5.41) is 9.17. The molecule has 44 heavy (non-hydrogen) atoms. The van der Waals surface area contributed by atoms with Crippen molar-refractivity contribution < 1.29 is 36.6 Å². The standard InChI is InChI=1S/C31H35F4N5O4/c1-43-22-6-7-36-26(39-29-14-30(15-29,16-29)40-8-10-44-11-9-40)24(22)28(42)38-25-18-3-2-17(12-18)23(25)27(41)37-19-4-5-21(32)20(13-19)31(33,34)35/h4-7,13,17-18,23,25H,2-3,8-12,14-16H2,1H3,(H,36,39)(H,37,41)(H,38,42)/t17-,18+,23+,25-,29?,30?/m1/s1. The number of ether oxygens (including phenoxy) is 2. The Hall–Kier alpha value is -3.45. The zero-order chi connectivity index (χ0) is 30.9.